The first kappa shape index (κ1) is 11.7. The maximum absolute atomic E-state index is 9.08. The highest BCUT2D eigenvalue weighted by atomic mass is 16.5. The number of rotatable bonds is 4. The lowest BCUT2D eigenvalue weighted by Gasteiger charge is -2.10. The number of aryl methyl sites for hydroxylation is 1. The third-order valence-corrected chi connectivity index (χ3v) is 2.67. The van der Waals surface area contributed by atoms with Gasteiger partial charge in [-0.05, 0) is 29.6 Å². The maximum Gasteiger partial charge on any atom is 0.304 e. The molecule has 0 saturated heterocycles. The molecule has 2 nitrogen and oxygen atoms in total. The molecular weight excluding hydrogens is 211 g/mol. The fourth-order valence-corrected chi connectivity index (χ4v) is 1.63. The van der Waals surface area contributed by atoms with E-state index < -0.39 is 0 Å². The van der Waals surface area contributed by atoms with Gasteiger partial charge in [0.2, 0.25) is 0 Å². The summed E-state index contributed by atoms with van der Waals surface area (Å²) in [4.78, 5) is 0. The van der Waals surface area contributed by atoms with E-state index in [0.29, 0.717) is 6.61 Å². The summed E-state index contributed by atoms with van der Waals surface area (Å²) >= 11 is 0. The quantitative estimate of drug-likeness (QED) is 0.801. The fraction of sp³-hybridized carbons (Fsp3) is 0.143. The first-order valence-electron chi connectivity index (χ1n) is 5.66. The first-order chi connectivity index (χ1) is 8.29. The van der Waals surface area contributed by atoms with Crippen molar-refractivity contribution in [3.8, 4) is 5.75 Å². The molecule has 0 spiro atoms. The van der Waals surface area contributed by atoms with Crippen LogP contribution in [0.2, 0.25) is 0 Å². The summed E-state index contributed by atoms with van der Waals surface area (Å²) in [5.74, 6) is 0.834. The SMILES string of the molecule is Cc1ccc(BO)cc1OCc1ccccc1. The van der Waals surface area contributed by atoms with Crippen molar-refractivity contribution >= 4 is 12.9 Å². The third kappa shape index (κ3) is 3.11. The molecule has 3 heteroatoms. The molecular formula is C14H15BO2. The molecule has 0 bridgehead atoms. The zero-order chi connectivity index (χ0) is 12.1. The van der Waals surface area contributed by atoms with E-state index in [9.17, 15) is 0 Å². The Bertz CT molecular complexity index is 483. The van der Waals surface area contributed by atoms with E-state index in [4.69, 9.17) is 9.76 Å². The monoisotopic (exact) mass is 226 g/mol. The Hall–Kier alpha value is -1.74. The van der Waals surface area contributed by atoms with Crippen molar-refractivity contribution in [2.45, 2.75) is 13.5 Å². The summed E-state index contributed by atoms with van der Waals surface area (Å²) < 4.78 is 5.75. The van der Waals surface area contributed by atoms with Crippen molar-refractivity contribution in [3.05, 3.63) is 59.7 Å². The number of ether oxygens (including phenoxy) is 1. The van der Waals surface area contributed by atoms with Gasteiger partial charge in [-0.25, -0.2) is 0 Å². The Labute approximate surface area is 102 Å². The molecule has 0 aliphatic carbocycles. The van der Waals surface area contributed by atoms with Crippen LogP contribution in [0.3, 0.4) is 0 Å². The predicted molar refractivity (Wildman–Crippen MR) is 71.0 cm³/mol. The molecule has 0 radical (unpaired) electrons. The molecule has 2 rings (SSSR count). The highest BCUT2D eigenvalue weighted by Gasteiger charge is 2.02. The van der Waals surface area contributed by atoms with Gasteiger partial charge in [-0.15, -0.1) is 0 Å². The van der Waals surface area contributed by atoms with Gasteiger partial charge in [-0.3, -0.25) is 0 Å². The van der Waals surface area contributed by atoms with Gasteiger partial charge in [0, 0.05) is 0 Å². The molecule has 0 amide bonds. The van der Waals surface area contributed by atoms with Crippen LogP contribution < -0.4 is 10.2 Å². The Morgan fingerprint density at radius 3 is 2.59 bits per heavy atom. The van der Waals surface area contributed by atoms with Gasteiger partial charge < -0.3 is 9.76 Å². The second-order valence-corrected chi connectivity index (χ2v) is 4.03. The van der Waals surface area contributed by atoms with Crippen LogP contribution in [0.4, 0.5) is 0 Å². The van der Waals surface area contributed by atoms with Crippen LogP contribution in [0.25, 0.3) is 0 Å². The number of hydrogen-bond donors (Lipinski definition) is 1. The molecule has 0 aliphatic rings. The van der Waals surface area contributed by atoms with Gasteiger partial charge >= 0.3 is 7.48 Å². The molecule has 2 aromatic rings. The average molecular weight is 226 g/mol. The van der Waals surface area contributed by atoms with Crippen LogP contribution in [0.15, 0.2) is 48.5 Å². The van der Waals surface area contributed by atoms with E-state index in [-0.39, 0.29) is 7.48 Å². The molecule has 86 valence electrons. The van der Waals surface area contributed by atoms with E-state index in [1.807, 2.05) is 55.5 Å². The molecule has 1 N–H and O–H groups in total. The van der Waals surface area contributed by atoms with Crippen molar-refractivity contribution in [1.29, 1.82) is 0 Å². The van der Waals surface area contributed by atoms with Crippen LogP contribution in [0.5, 0.6) is 5.75 Å². The largest absolute Gasteiger partial charge is 0.489 e. The lowest BCUT2D eigenvalue weighted by Crippen LogP contribution is -2.13. The van der Waals surface area contributed by atoms with Gasteiger partial charge in [-0.2, -0.15) is 0 Å². The van der Waals surface area contributed by atoms with Crippen molar-refractivity contribution in [1.82, 2.24) is 0 Å². The summed E-state index contributed by atoms with van der Waals surface area (Å²) in [5.41, 5.74) is 3.10. The third-order valence-electron chi connectivity index (χ3n) is 2.67. The van der Waals surface area contributed by atoms with Crippen LogP contribution >= 0.6 is 0 Å². The van der Waals surface area contributed by atoms with Crippen LogP contribution in [0.1, 0.15) is 11.1 Å². The van der Waals surface area contributed by atoms with Gasteiger partial charge in [-0.1, -0.05) is 42.5 Å². The molecule has 0 atom stereocenters. The average Bonchev–Trinajstić information content (AvgIpc) is 2.39. The Morgan fingerprint density at radius 1 is 1.12 bits per heavy atom. The minimum absolute atomic E-state index is 0.0436. The molecule has 0 fully saturated rings. The molecule has 17 heavy (non-hydrogen) atoms. The van der Waals surface area contributed by atoms with E-state index in [1.165, 1.54) is 0 Å². The zero-order valence-electron chi connectivity index (χ0n) is 9.89. The lowest BCUT2D eigenvalue weighted by atomic mass is 9.88. The molecule has 0 aromatic heterocycles. The van der Waals surface area contributed by atoms with Gasteiger partial charge in [0.15, 0.2) is 0 Å². The molecule has 0 aliphatic heterocycles. The van der Waals surface area contributed by atoms with Crippen LogP contribution in [-0.4, -0.2) is 12.5 Å². The summed E-state index contributed by atoms with van der Waals surface area (Å²) in [6.07, 6.45) is 0. The Morgan fingerprint density at radius 2 is 1.88 bits per heavy atom. The lowest BCUT2D eigenvalue weighted by molar-refractivity contribution is 0.304. The number of hydrogen-bond acceptors (Lipinski definition) is 2. The predicted octanol–water partition coefficient (Wildman–Crippen LogP) is 1.54. The molecule has 0 unspecified atom stereocenters. The Kier molecular flexibility index (Phi) is 3.83. The topological polar surface area (TPSA) is 29.5 Å². The van der Waals surface area contributed by atoms with E-state index in [2.05, 4.69) is 0 Å². The normalized spacial score (nSPS) is 10.0. The summed E-state index contributed by atoms with van der Waals surface area (Å²) in [6.45, 7) is 2.55. The van der Waals surface area contributed by atoms with Crippen molar-refractivity contribution in [2.75, 3.05) is 0 Å². The van der Waals surface area contributed by atoms with Crippen molar-refractivity contribution in [2.24, 2.45) is 0 Å². The van der Waals surface area contributed by atoms with Gasteiger partial charge in [0.05, 0.1) is 0 Å². The molecule has 0 heterocycles. The summed E-state index contributed by atoms with van der Waals surface area (Å²) in [7, 11) is 0.0436. The van der Waals surface area contributed by atoms with Crippen molar-refractivity contribution < 1.29 is 9.76 Å². The highest BCUT2D eigenvalue weighted by molar-refractivity contribution is 6.45. The Balaban J connectivity index is 2.08. The summed E-state index contributed by atoms with van der Waals surface area (Å²) in [5, 5.41) is 9.08. The van der Waals surface area contributed by atoms with Gasteiger partial charge in [0.1, 0.15) is 12.4 Å². The zero-order valence-corrected chi connectivity index (χ0v) is 9.89. The number of benzene rings is 2. The standard InChI is InChI=1S/C14H15BO2/c1-11-7-8-13(15-16)9-14(11)17-10-12-5-3-2-4-6-12/h2-9,15-16H,10H2,1H3. The molecule has 0 saturated carbocycles. The first-order valence-corrected chi connectivity index (χ1v) is 5.66. The maximum atomic E-state index is 9.08. The highest BCUT2D eigenvalue weighted by Crippen LogP contribution is 2.16. The summed E-state index contributed by atoms with van der Waals surface area (Å²) in [6, 6.07) is 15.8. The van der Waals surface area contributed by atoms with E-state index >= 15 is 0 Å². The second kappa shape index (κ2) is 5.55. The minimum Gasteiger partial charge on any atom is -0.489 e. The van der Waals surface area contributed by atoms with Crippen molar-refractivity contribution in [3.63, 3.8) is 0 Å². The van der Waals surface area contributed by atoms with Crippen LogP contribution in [0, 0.1) is 6.92 Å². The minimum atomic E-state index is 0.0436. The van der Waals surface area contributed by atoms with E-state index in [0.717, 1.165) is 22.3 Å². The second-order valence-electron chi connectivity index (χ2n) is 4.03. The van der Waals surface area contributed by atoms with Gasteiger partial charge in [0.25, 0.3) is 0 Å². The smallest absolute Gasteiger partial charge is 0.304 e. The fourth-order valence-electron chi connectivity index (χ4n) is 1.63. The molecule has 2 aromatic carbocycles. The van der Waals surface area contributed by atoms with Crippen LogP contribution in [-0.2, 0) is 6.61 Å². The van der Waals surface area contributed by atoms with E-state index in [1.54, 1.807) is 0 Å².